The SMILES string of the molecule is c1ccc([C@H]2c3ccccc3-c3c2c2ccccc2c2c4c(c5ccccc5c32)[C@@H]2CCOc3cccc-4c32)cc1. The van der Waals surface area contributed by atoms with Gasteiger partial charge in [-0.05, 0) is 89.3 Å². The second kappa shape index (κ2) is 7.86. The van der Waals surface area contributed by atoms with Gasteiger partial charge in [-0.25, -0.2) is 0 Å². The number of fused-ring (bicyclic) bond motifs is 15. The number of benzene rings is 7. The van der Waals surface area contributed by atoms with Gasteiger partial charge in [-0.15, -0.1) is 0 Å². The molecule has 41 heavy (non-hydrogen) atoms. The summed E-state index contributed by atoms with van der Waals surface area (Å²) in [7, 11) is 0. The molecule has 0 fully saturated rings. The van der Waals surface area contributed by atoms with Gasteiger partial charge in [-0.3, -0.25) is 0 Å². The predicted octanol–water partition coefficient (Wildman–Crippen LogP) is 10.2. The Morgan fingerprint density at radius 1 is 0.488 bits per heavy atom. The van der Waals surface area contributed by atoms with Gasteiger partial charge in [0, 0.05) is 17.4 Å². The van der Waals surface area contributed by atoms with Crippen LogP contribution in [0.5, 0.6) is 5.75 Å². The van der Waals surface area contributed by atoms with Gasteiger partial charge in [0.05, 0.1) is 6.61 Å². The molecule has 2 atom stereocenters. The molecule has 0 aromatic heterocycles. The number of hydrogen-bond donors (Lipinski definition) is 0. The molecule has 1 nitrogen and oxygen atoms in total. The molecule has 0 bridgehead atoms. The summed E-state index contributed by atoms with van der Waals surface area (Å²) in [5, 5.41) is 8.28. The van der Waals surface area contributed by atoms with E-state index in [1.807, 2.05) is 0 Å². The van der Waals surface area contributed by atoms with E-state index in [0.717, 1.165) is 18.8 Å². The van der Waals surface area contributed by atoms with E-state index < -0.39 is 0 Å². The lowest BCUT2D eigenvalue weighted by Crippen LogP contribution is -2.12. The van der Waals surface area contributed by atoms with Crippen molar-refractivity contribution >= 4 is 32.3 Å². The Morgan fingerprint density at radius 2 is 1.10 bits per heavy atom. The van der Waals surface area contributed by atoms with Crippen LogP contribution in [0.2, 0.25) is 0 Å². The zero-order chi connectivity index (χ0) is 26.7. The Balaban J connectivity index is 1.50. The average molecular weight is 523 g/mol. The molecular weight excluding hydrogens is 496 g/mol. The van der Waals surface area contributed by atoms with Crippen molar-refractivity contribution in [3.05, 3.63) is 149 Å². The van der Waals surface area contributed by atoms with Gasteiger partial charge < -0.3 is 4.74 Å². The maximum Gasteiger partial charge on any atom is 0.123 e. The zero-order valence-corrected chi connectivity index (χ0v) is 22.5. The first kappa shape index (κ1) is 21.9. The monoisotopic (exact) mass is 522 g/mol. The van der Waals surface area contributed by atoms with Crippen LogP contribution in [0.15, 0.2) is 121 Å². The smallest absolute Gasteiger partial charge is 0.123 e. The topological polar surface area (TPSA) is 9.23 Å². The van der Waals surface area contributed by atoms with Crippen molar-refractivity contribution in [2.45, 2.75) is 18.3 Å². The summed E-state index contributed by atoms with van der Waals surface area (Å²) >= 11 is 0. The Kier molecular flexibility index (Phi) is 4.20. The number of hydrogen-bond acceptors (Lipinski definition) is 1. The van der Waals surface area contributed by atoms with Crippen molar-refractivity contribution in [3.63, 3.8) is 0 Å². The summed E-state index contributed by atoms with van der Waals surface area (Å²) in [5.74, 6) is 1.63. The van der Waals surface area contributed by atoms with Crippen molar-refractivity contribution in [1.82, 2.24) is 0 Å². The highest BCUT2D eigenvalue weighted by Crippen LogP contribution is 2.61. The lowest BCUT2D eigenvalue weighted by atomic mass is 9.80. The van der Waals surface area contributed by atoms with Crippen LogP contribution in [0.4, 0.5) is 0 Å². The van der Waals surface area contributed by atoms with Gasteiger partial charge in [0.1, 0.15) is 5.75 Å². The van der Waals surface area contributed by atoms with Crippen molar-refractivity contribution in [2.24, 2.45) is 0 Å². The highest BCUT2D eigenvalue weighted by Gasteiger charge is 2.40. The van der Waals surface area contributed by atoms with Crippen molar-refractivity contribution in [2.75, 3.05) is 6.61 Å². The van der Waals surface area contributed by atoms with E-state index >= 15 is 0 Å². The molecule has 0 saturated carbocycles. The van der Waals surface area contributed by atoms with Gasteiger partial charge in [0.2, 0.25) is 0 Å². The van der Waals surface area contributed by atoms with E-state index in [9.17, 15) is 0 Å². The number of ether oxygens (including phenoxy) is 1. The fourth-order valence-corrected chi connectivity index (χ4v) is 8.51. The van der Waals surface area contributed by atoms with Crippen LogP contribution in [0.1, 0.15) is 46.1 Å². The molecule has 2 aliphatic carbocycles. The van der Waals surface area contributed by atoms with Gasteiger partial charge >= 0.3 is 0 Å². The average Bonchev–Trinajstić information content (AvgIpc) is 3.57. The maximum absolute atomic E-state index is 6.24. The molecule has 1 heteroatoms. The van der Waals surface area contributed by atoms with E-state index in [1.54, 1.807) is 0 Å². The Labute approximate surface area is 238 Å². The molecular formula is C40H26O. The van der Waals surface area contributed by atoms with Crippen LogP contribution in [0, 0.1) is 0 Å². The molecule has 0 radical (unpaired) electrons. The molecule has 0 amide bonds. The molecule has 1 aliphatic heterocycles. The molecule has 3 aliphatic rings. The lowest BCUT2D eigenvalue weighted by Gasteiger charge is -2.24. The van der Waals surface area contributed by atoms with Crippen LogP contribution >= 0.6 is 0 Å². The van der Waals surface area contributed by atoms with Crippen LogP contribution in [-0.4, -0.2) is 6.61 Å². The first-order chi connectivity index (χ1) is 20.4. The first-order valence-corrected chi connectivity index (χ1v) is 14.7. The highest BCUT2D eigenvalue weighted by atomic mass is 16.5. The fraction of sp³-hybridized carbons (Fsp3) is 0.100. The third-order valence-corrected chi connectivity index (χ3v) is 9.92. The molecule has 192 valence electrons. The largest absolute Gasteiger partial charge is 0.493 e. The minimum atomic E-state index is 0.200. The molecule has 7 aromatic rings. The van der Waals surface area contributed by atoms with Gasteiger partial charge in [0.25, 0.3) is 0 Å². The van der Waals surface area contributed by atoms with E-state index in [0.29, 0.717) is 5.92 Å². The normalized spacial score (nSPS) is 17.8. The third-order valence-electron chi connectivity index (χ3n) is 9.92. The van der Waals surface area contributed by atoms with Gasteiger partial charge in [-0.2, -0.15) is 0 Å². The minimum absolute atomic E-state index is 0.200. The zero-order valence-electron chi connectivity index (χ0n) is 22.5. The predicted molar refractivity (Wildman–Crippen MR) is 169 cm³/mol. The molecule has 0 unspecified atom stereocenters. The summed E-state index contributed by atoms with van der Waals surface area (Å²) in [6.07, 6.45) is 1.02. The van der Waals surface area contributed by atoms with E-state index in [4.69, 9.17) is 4.74 Å². The van der Waals surface area contributed by atoms with E-state index in [1.165, 1.54) is 82.4 Å². The van der Waals surface area contributed by atoms with Crippen LogP contribution in [-0.2, 0) is 0 Å². The standard InChI is InChI=1S/C40H26O/c1-2-11-23(12-3-1)33-24-13-4-6-15-26(24)37-36(33)28-17-8-9-18-29(28)39-38(37)27-16-7-5-14-25(27)35-31-21-22-41-32-20-10-19-30(34(31)32)40(35)39/h1-20,31,33H,21-22H2/t31-,33+/m1/s1. The molecule has 0 spiro atoms. The van der Waals surface area contributed by atoms with E-state index in [2.05, 4.69) is 121 Å². The van der Waals surface area contributed by atoms with Crippen LogP contribution < -0.4 is 4.74 Å². The summed E-state index contributed by atoms with van der Waals surface area (Å²) < 4.78 is 6.24. The van der Waals surface area contributed by atoms with Crippen molar-refractivity contribution in [1.29, 1.82) is 0 Å². The quantitative estimate of drug-likeness (QED) is 0.195. The second-order valence-corrected chi connectivity index (χ2v) is 11.8. The summed E-state index contributed by atoms with van der Waals surface area (Å²) in [6, 6.07) is 45.2. The van der Waals surface area contributed by atoms with Gasteiger partial charge in [0.15, 0.2) is 0 Å². The fourth-order valence-electron chi connectivity index (χ4n) is 8.51. The van der Waals surface area contributed by atoms with Crippen LogP contribution in [0.25, 0.3) is 54.6 Å². The van der Waals surface area contributed by atoms with Crippen LogP contribution in [0.3, 0.4) is 0 Å². The van der Waals surface area contributed by atoms with E-state index in [-0.39, 0.29) is 5.92 Å². The Morgan fingerprint density at radius 3 is 1.88 bits per heavy atom. The second-order valence-electron chi connectivity index (χ2n) is 11.8. The van der Waals surface area contributed by atoms with Crippen molar-refractivity contribution in [3.8, 4) is 28.0 Å². The summed E-state index contributed by atoms with van der Waals surface area (Å²) in [5.41, 5.74) is 12.6. The van der Waals surface area contributed by atoms with Crippen molar-refractivity contribution < 1.29 is 4.74 Å². The molecule has 10 rings (SSSR count). The number of rotatable bonds is 1. The minimum Gasteiger partial charge on any atom is -0.493 e. The molecule has 7 aromatic carbocycles. The maximum atomic E-state index is 6.24. The highest BCUT2D eigenvalue weighted by molar-refractivity contribution is 6.31. The third kappa shape index (κ3) is 2.67. The lowest BCUT2D eigenvalue weighted by molar-refractivity contribution is 0.279. The summed E-state index contributed by atoms with van der Waals surface area (Å²) in [6.45, 7) is 0.768. The Bertz CT molecular complexity index is 2240. The molecule has 0 saturated heterocycles. The first-order valence-electron chi connectivity index (χ1n) is 14.7. The molecule has 1 heterocycles. The summed E-state index contributed by atoms with van der Waals surface area (Å²) in [4.78, 5) is 0. The molecule has 0 N–H and O–H groups in total. The Hall–Kier alpha value is -4.88. The van der Waals surface area contributed by atoms with Gasteiger partial charge in [-0.1, -0.05) is 115 Å².